The van der Waals surface area contributed by atoms with Gasteiger partial charge in [-0.1, -0.05) is 30.3 Å². The molecule has 1 N–H and O–H groups in total. The third-order valence-corrected chi connectivity index (χ3v) is 4.75. The van der Waals surface area contributed by atoms with Crippen molar-refractivity contribution in [3.05, 3.63) is 65.5 Å². The van der Waals surface area contributed by atoms with Crippen molar-refractivity contribution >= 4 is 11.6 Å². The summed E-state index contributed by atoms with van der Waals surface area (Å²) in [6, 6.07) is 14.2. The number of anilines is 1. The second kappa shape index (κ2) is 6.95. The lowest BCUT2D eigenvalue weighted by molar-refractivity contribution is -0.130. The van der Waals surface area contributed by atoms with Gasteiger partial charge in [-0.25, -0.2) is 4.68 Å². The Hall–Kier alpha value is -3.22. The summed E-state index contributed by atoms with van der Waals surface area (Å²) in [5.74, 6) is 0.103. The van der Waals surface area contributed by atoms with Gasteiger partial charge in [-0.2, -0.15) is 0 Å². The van der Waals surface area contributed by atoms with Crippen molar-refractivity contribution < 1.29 is 4.79 Å². The molecule has 3 aromatic rings. The Balaban J connectivity index is 1.43. The highest BCUT2D eigenvalue weighted by atomic mass is 16.2. The van der Waals surface area contributed by atoms with E-state index in [4.69, 9.17) is 0 Å². The second-order valence-corrected chi connectivity index (χ2v) is 6.44. The van der Waals surface area contributed by atoms with Crippen LogP contribution in [0.15, 0.2) is 48.8 Å². The molecule has 7 heteroatoms. The minimum absolute atomic E-state index is 0.103. The first-order valence-electron chi connectivity index (χ1n) is 8.63. The van der Waals surface area contributed by atoms with Crippen LogP contribution in [0.1, 0.15) is 16.7 Å². The van der Waals surface area contributed by atoms with Gasteiger partial charge in [0.05, 0.1) is 12.2 Å². The average Bonchev–Trinajstić information content (AvgIpc) is 3.21. The van der Waals surface area contributed by atoms with Crippen LogP contribution < -0.4 is 5.32 Å². The first-order valence-corrected chi connectivity index (χ1v) is 8.63. The van der Waals surface area contributed by atoms with E-state index >= 15 is 0 Å². The third kappa shape index (κ3) is 3.28. The molecule has 0 unspecified atom stereocenters. The highest BCUT2D eigenvalue weighted by Crippen LogP contribution is 2.20. The minimum atomic E-state index is 0.103. The van der Waals surface area contributed by atoms with Crippen LogP contribution in [0.4, 0.5) is 5.69 Å². The molecule has 1 amide bonds. The number of nitrogens with one attached hydrogen (secondary N) is 1. The number of hydrogen-bond acceptors (Lipinski definition) is 5. The molecule has 26 heavy (non-hydrogen) atoms. The minimum Gasteiger partial charge on any atom is -0.376 e. The fourth-order valence-corrected chi connectivity index (χ4v) is 3.21. The van der Waals surface area contributed by atoms with E-state index in [1.165, 1.54) is 11.1 Å². The van der Waals surface area contributed by atoms with Crippen LogP contribution in [-0.2, 0) is 17.8 Å². The largest absolute Gasteiger partial charge is 0.376 e. The average molecular weight is 348 g/mol. The number of carbonyl (C=O) groups is 1. The zero-order chi connectivity index (χ0) is 17.9. The summed E-state index contributed by atoms with van der Waals surface area (Å²) in [4.78, 5) is 14.5. The van der Waals surface area contributed by atoms with Crippen molar-refractivity contribution in [2.75, 3.05) is 18.4 Å². The summed E-state index contributed by atoms with van der Waals surface area (Å²) in [6.45, 7) is 3.72. The molecule has 0 fully saturated rings. The number of tetrazole rings is 1. The first-order chi connectivity index (χ1) is 12.7. The standard InChI is InChI=1S/C19H20N6O/c1-14-6-7-17(25-13-21-22-23-25)10-18(14)20-11-19(26)24-9-8-15-4-2-3-5-16(15)12-24/h2-7,10,13,20H,8-9,11-12H2,1H3. The number of carbonyl (C=O) groups excluding carboxylic acids is 1. The van der Waals surface area contributed by atoms with E-state index in [1.54, 1.807) is 11.0 Å². The van der Waals surface area contributed by atoms with Crippen LogP contribution in [0.5, 0.6) is 0 Å². The van der Waals surface area contributed by atoms with Crippen LogP contribution in [0, 0.1) is 6.92 Å². The monoisotopic (exact) mass is 348 g/mol. The Morgan fingerprint density at radius 3 is 2.85 bits per heavy atom. The van der Waals surface area contributed by atoms with Gasteiger partial charge >= 0.3 is 0 Å². The van der Waals surface area contributed by atoms with E-state index in [-0.39, 0.29) is 12.5 Å². The number of aromatic nitrogens is 4. The van der Waals surface area contributed by atoms with Crippen molar-refractivity contribution in [1.82, 2.24) is 25.1 Å². The SMILES string of the molecule is Cc1ccc(-n2cnnn2)cc1NCC(=O)N1CCc2ccccc2C1. The van der Waals surface area contributed by atoms with Gasteiger partial charge in [-0.05, 0) is 52.6 Å². The van der Waals surface area contributed by atoms with E-state index < -0.39 is 0 Å². The quantitative estimate of drug-likeness (QED) is 0.780. The molecule has 4 rings (SSSR count). The van der Waals surface area contributed by atoms with Crippen LogP contribution in [0.2, 0.25) is 0 Å². The fraction of sp³-hybridized carbons (Fsp3) is 0.263. The molecule has 1 aromatic heterocycles. The molecule has 0 spiro atoms. The topological polar surface area (TPSA) is 75.9 Å². The molecule has 0 saturated heterocycles. The maximum Gasteiger partial charge on any atom is 0.242 e. The summed E-state index contributed by atoms with van der Waals surface area (Å²) in [7, 11) is 0. The van der Waals surface area contributed by atoms with Gasteiger partial charge < -0.3 is 10.2 Å². The highest BCUT2D eigenvalue weighted by Gasteiger charge is 2.20. The van der Waals surface area contributed by atoms with Gasteiger partial charge in [0.25, 0.3) is 0 Å². The fourth-order valence-electron chi connectivity index (χ4n) is 3.21. The number of rotatable bonds is 4. The zero-order valence-electron chi connectivity index (χ0n) is 14.6. The molecule has 1 aliphatic rings. The van der Waals surface area contributed by atoms with Crippen molar-refractivity contribution in [2.45, 2.75) is 19.9 Å². The van der Waals surface area contributed by atoms with E-state index in [1.807, 2.05) is 36.1 Å². The smallest absolute Gasteiger partial charge is 0.242 e. The molecular formula is C19H20N6O. The first kappa shape index (κ1) is 16.3. The van der Waals surface area contributed by atoms with Crippen molar-refractivity contribution in [3.63, 3.8) is 0 Å². The Bertz CT molecular complexity index is 922. The van der Waals surface area contributed by atoms with Gasteiger partial charge in [0.2, 0.25) is 5.91 Å². The van der Waals surface area contributed by atoms with Crippen LogP contribution in [0.3, 0.4) is 0 Å². The molecule has 2 aromatic carbocycles. The maximum absolute atomic E-state index is 12.6. The summed E-state index contributed by atoms with van der Waals surface area (Å²) in [6.07, 6.45) is 2.46. The maximum atomic E-state index is 12.6. The van der Waals surface area contributed by atoms with Crippen molar-refractivity contribution in [1.29, 1.82) is 0 Å². The Morgan fingerprint density at radius 1 is 1.19 bits per heavy atom. The number of hydrogen-bond donors (Lipinski definition) is 1. The zero-order valence-corrected chi connectivity index (χ0v) is 14.6. The summed E-state index contributed by atoms with van der Waals surface area (Å²) < 4.78 is 1.59. The predicted molar refractivity (Wildman–Crippen MR) is 97.9 cm³/mol. The Kier molecular flexibility index (Phi) is 4.35. The van der Waals surface area contributed by atoms with Crippen LogP contribution >= 0.6 is 0 Å². The van der Waals surface area contributed by atoms with Gasteiger partial charge in [0.15, 0.2) is 0 Å². The molecule has 0 atom stereocenters. The number of fused-ring (bicyclic) bond motifs is 1. The number of benzene rings is 2. The molecule has 1 aliphatic heterocycles. The Morgan fingerprint density at radius 2 is 2.04 bits per heavy atom. The van der Waals surface area contributed by atoms with E-state index in [9.17, 15) is 4.79 Å². The summed E-state index contributed by atoms with van der Waals surface area (Å²) in [5.41, 5.74) is 5.41. The predicted octanol–water partition coefficient (Wildman–Crippen LogP) is 1.97. The lowest BCUT2D eigenvalue weighted by atomic mass is 10.00. The summed E-state index contributed by atoms with van der Waals surface area (Å²) >= 11 is 0. The molecule has 0 radical (unpaired) electrons. The molecule has 7 nitrogen and oxygen atoms in total. The van der Waals surface area contributed by atoms with Crippen molar-refractivity contribution in [2.24, 2.45) is 0 Å². The molecule has 0 aliphatic carbocycles. The van der Waals surface area contributed by atoms with E-state index in [2.05, 4.69) is 39.0 Å². The lowest BCUT2D eigenvalue weighted by Gasteiger charge is -2.29. The van der Waals surface area contributed by atoms with E-state index in [0.29, 0.717) is 6.54 Å². The van der Waals surface area contributed by atoms with Crippen LogP contribution in [0.25, 0.3) is 5.69 Å². The van der Waals surface area contributed by atoms with Gasteiger partial charge in [0, 0.05) is 18.8 Å². The second-order valence-electron chi connectivity index (χ2n) is 6.44. The highest BCUT2D eigenvalue weighted by molar-refractivity contribution is 5.81. The van der Waals surface area contributed by atoms with Gasteiger partial charge in [0.1, 0.15) is 6.33 Å². The van der Waals surface area contributed by atoms with E-state index in [0.717, 1.165) is 29.9 Å². The third-order valence-electron chi connectivity index (χ3n) is 4.75. The molecule has 0 bridgehead atoms. The summed E-state index contributed by atoms with van der Waals surface area (Å²) in [5, 5.41) is 14.5. The number of amides is 1. The Labute approximate surface area is 151 Å². The number of nitrogens with zero attached hydrogens (tertiary/aromatic N) is 5. The molecule has 0 saturated carbocycles. The van der Waals surface area contributed by atoms with Gasteiger partial charge in [-0.3, -0.25) is 4.79 Å². The number of aryl methyl sites for hydroxylation is 1. The lowest BCUT2D eigenvalue weighted by Crippen LogP contribution is -2.39. The van der Waals surface area contributed by atoms with Crippen LogP contribution in [-0.4, -0.2) is 44.1 Å². The molecule has 2 heterocycles. The van der Waals surface area contributed by atoms with Gasteiger partial charge in [-0.15, -0.1) is 5.10 Å². The van der Waals surface area contributed by atoms with Crippen molar-refractivity contribution in [3.8, 4) is 5.69 Å². The normalized spacial score (nSPS) is 13.3. The molecule has 132 valence electrons. The molecular weight excluding hydrogens is 328 g/mol.